The Balaban J connectivity index is 1.81. The van der Waals surface area contributed by atoms with Gasteiger partial charge in [0, 0.05) is 4.88 Å². The van der Waals surface area contributed by atoms with Crippen LogP contribution in [0, 0.1) is 19.8 Å². The fourth-order valence-electron chi connectivity index (χ4n) is 2.88. The van der Waals surface area contributed by atoms with Crippen LogP contribution in [0.1, 0.15) is 36.8 Å². The molecule has 0 radical (unpaired) electrons. The molecule has 0 saturated carbocycles. The van der Waals surface area contributed by atoms with Gasteiger partial charge in [-0.1, -0.05) is 0 Å². The van der Waals surface area contributed by atoms with E-state index < -0.39 is 0 Å². The lowest BCUT2D eigenvalue weighted by Gasteiger charge is -2.35. The van der Waals surface area contributed by atoms with Gasteiger partial charge in [0.1, 0.15) is 0 Å². The number of hydrogen-bond acceptors (Lipinski definition) is 5. The van der Waals surface area contributed by atoms with Gasteiger partial charge in [0.15, 0.2) is 5.13 Å². The molecule has 5 nitrogen and oxygen atoms in total. The molecule has 0 spiro atoms. The molecule has 1 fully saturated rings. The van der Waals surface area contributed by atoms with E-state index in [1.165, 1.54) is 19.3 Å². The number of carbonyl (C=O) groups excluding carboxylic acids is 1. The minimum atomic E-state index is -0.0882. The molecule has 22 heavy (non-hydrogen) atoms. The average Bonchev–Trinajstić information content (AvgIpc) is 2.83. The predicted octanol–water partition coefficient (Wildman–Crippen LogP) is 2.41. The minimum Gasteiger partial charge on any atom is -0.320 e. The third-order valence-electron chi connectivity index (χ3n) is 4.64. The number of thiazole rings is 1. The van der Waals surface area contributed by atoms with E-state index in [0.717, 1.165) is 41.3 Å². The Bertz CT molecular complexity index is 475. The van der Waals surface area contributed by atoms with Gasteiger partial charge in [0.2, 0.25) is 5.91 Å². The van der Waals surface area contributed by atoms with Crippen LogP contribution in [0.25, 0.3) is 0 Å². The second kappa shape index (κ2) is 8.04. The normalized spacial score (nSPS) is 18.4. The second-order valence-electron chi connectivity index (χ2n) is 6.20. The molecule has 0 bridgehead atoms. The third kappa shape index (κ3) is 4.51. The number of hydrogen-bond donors (Lipinski definition) is 2. The van der Waals surface area contributed by atoms with Crippen molar-refractivity contribution >= 4 is 22.4 Å². The summed E-state index contributed by atoms with van der Waals surface area (Å²) in [6.45, 7) is 9.11. The van der Waals surface area contributed by atoms with Crippen molar-refractivity contribution in [1.82, 2.24) is 15.2 Å². The Kier molecular flexibility index (Phi) is 6.35. The van der Waals surface area contributed by atoms with E-state index in [1.807, 2.05) is 27.8 Å². The summed E-state index contributed by atoms with van der Waals surface area (Å²) >= 11 is 1.55. The van der Waals surface area contributed by atoms with Gasteiger partial charge in [-0.3, -0.25) is 9.69 Å². The van der Waals surface area contributed by atoms with Crippen LogP contribution < -0.4 is 10.6 Å². The Morgan fingerprint density at radius 3 is 2.64 bits per heavy atom. The lowest BCUT2D eigenvalue weighted by Crippen LogP contribution is -2.46. The SMILES string of the molecule is CNCCC1CCN(C(C)C(=O)Nc2nc(C)c(C)s2)CC1. The van der Waals surface area contributed by atoms with Crippen molar-refractivity contribution in [3.05, 3.63) is 10.6 Å². The van der Waals surface area contributed by atoms with E-state index in [-0.39, 0.29) is 11.9 Å². The molecule has 1 atom stereocenters. The molecule has 1 aromatic rings. The van der Waals surface area contributed by atoms with E-state index >= 15 is 0 Å². The summed E-state index contributed by atoms with van der Waals surface area (Å²) < 4.78 is 0. The fourth-order valence-corrected chi connectivity index (χ4v) is 3.70. The molecule has 0 aromatic carbocycles. The van der Waals surface area contributed by atoms with Gasteiger partial charge in [-0.05, 0) is 72.6 Å². The number of nitrogens with one attached hydrogen (secondary N) is 2. The van der Waals surface area contributed by atoms with Crippen LogP contribution in [0.2, 0.25) is 0 Å². The maximum atomic E-state index is 12.4. The molecule has 2 rings (SSSR count). The van der Waals surface area contributed by atoms with Crippen LogP contribution in [0.5, 0.6) is 0 Å². The van der Waals surface area contributed by atoms with Gasteiger partial charge in [0.05, 0.1) is 11.7 Å². The number of amides is 1. The van der Waals surface area contributed by atoms with Crippen molar-refractivity contribution in [3.63, 3.8) is 0 Å². The van der Waals surface area contributed by atoms with Crippen molar-refractivity contribution < 1.29 is 4.79 Å². The molecule has 1 aliphatic rings. The number of aryl methyl sites for hydroxylation is 2. The summed E-state index contributed by atoms with van der Waals surface area (Å²) in [5.41, 5.74) is 0.998. The summed E-state index contributed by atoms with van der Waals surface area (Å²) in [4.78, 5) is 20.2. The standard InChI is InChI=1S/C16H28N4OS/c1-11-13(3)22-16(18-11)19-15(21)12(2)20-9-6-14(7-10-20)5-8-17-4/h12,14,17H,5-10H2,1-4H3,(H,18,19,21). The Morgan fingerprint density at radius 2 is 2.09 bits per heavy atom. The summed E-state index contributed by atoms with van der Waals surface area (Å²) in [7, 11) is 2.00. The zero-order chi connectivity index (χ0) is 16.1. The van der Waals surface area contributed by atoms with E-state index in [0.29, 0.717) is 0 Å². The molecule has 1 saturated heterocycles. The maximum Gasteiger partial charge on any atom is 0.243 e. The first kappa shape index (κ1) is 17.4. The summed E-state index contributed by atoms with van der Waals surface area (Å²) in [6, 6.07) is -0.0882. The van der Waals surface area contributed by atoms with E-state index in [4.69, 9.17) is 0 Å². The molecule has 2 N–H and O–H groups in total. The van der Waals surface area contributed by atoms with E-state index in [2.05, 4.69) is 20.5 Å². The first-order valence-electron chi connectivity index (χ1n) is 8.14. The first-order chi connectivity index (χ1) is 10.5. The van der Waals surface area contributed by atoms with Crippen LogP contribution in [0.3, 0.4) is 0 Å². The molecule has 2 heterocycles. The van der Waals surface area contributed by atoms with Crippen LogP contribution in [0.4, 0.5) is 5.13 Å². The highest BCUT2D eigenvalue weighted by atomic mass is 32.1. The Hall–Kier alpha value is -0.980. The van der Waals surface area contributed by atoms with Gasteiger partial charge in [0.25, 0.3) is 0 Å². The first-order valence-corrected chi connectivity index (χ1v) is 8.96. The summed E-state index contributed by atoms with van der Waals surface area (Å²) in [5.74, 6) is 0.852. The number of piperidine rings is 1. The largest absolute Gasteiger partial charge is 0.320 e. The molecule has 1 aliphatic heterocycles. The lowest BCUT2D eigenvalue weighted by atomic mass is 9.93. The van der Waals surface area contributed by atoms with Crippen LogP contribution in [-0.2, 0) is 4.79 Å². The van der Waals surface area contributed by atoms with Crippen molar-refractivity contribution in [2.75, 3.05) is 32.0 Å². The van der Waals surface area contributed by atoms with Crippen LogP contribution in [0.15, 0.2) is 0 Å². The zero-order valence-electron chi connectivity index (χ0n) is 14.1. The van der Waals surface area contributed by atoms with E-state index in [1.54, 1.807) is 11.3 Å². The fraction of sp³-hybridized carbons (Fsp3) is 0.750. The number of rotatable bonds is 6. The Labute approximate surface area is 137 Å². The average molecular weight is 324 g/mol. The summed E-state index contributed by atoms with van der Waals surface area (Å²) in [6.07, 6.45) is 3.62. The molecule has 1 unspecified atom stereocenters. The quantitative estimate of drug-likeness (QED) is 0.844. The maximum absolute atomic E-state index is 12.4. The topological polar surface area (TPSA) is 57.3 Å². The highest BCUT2D eigenvalue weighted by Crippen LogP contribution is 2.24. The van der Waals surface area contributed by atoms with Crippen LogP contribution >= 0.6 is 11.3 Å². The third-order valence-corrected chi connectivity index (χ3v) is 5.63. The zero-order valence-corrected chi connectivity index (χ0v) is 14.9. The number of nitrogens with zero attached hydrogens (tertiary/aromatic N) is 2. The van der Waals surface area contributed by atoms with Crippen LogP contribution in [-0.4, -0.2) is 48.5 Å². The number of anilines is 1. The molecule has 1 amide bonds. The monoisotopic (exact) mass is 324 g/mol. The smallest absolute Gasteiger partial charge is 0.243 e. The highest BCUT2D eigenvalue weighted by molar-refractivity contribution is 7.15. The molecule has 6 heteroatoms. The van der Waals surface area contributed by atoms with Crippen molar-refractivity contribution in [3.8, 4) is 0 Å². The number of carbonyl (C=O) groups is 1. The van der Waals surface area contributed by atoms with Crippen molar-refractivity contribution in [2.45, 2.75) is 46.1 Å². The molecule has 124 valence electrons. The van der Waals surface area contributed by atoms with Gasteiger partial charge in [-0.25, -0.2) is 4.98 Å². The van der Waals surface area contributed by atoms with Crippen molar-refractivity contribution in [2.24, 2.45) is 5.92 Å². The summed E-state index contributed by atoms with van der Waals surface area (Å²) in [5, 5.41) is 6.90. The van der Waals surface area contributed by atoms with Gasteiger partial charge < -0.3 is 10.6 Å². The highest BCUT2D eigenvalue weighted by Gasteiger charge is 2.26. The molecule has 0 aliphatic carbocycles. The van der Waals surface area contributed by atoms with Gasteiger partial charge in [-0.2, -0.15) is 0 Å². The van der Waals surface area contributed by atoms with Gasteiger partial charge >= 0.3 is 0 Å². The second-order valence-corrected chi connectivity index (χ2v) is 7.40. The molecule has 1 aromatic heterocycles. The van der Waals surface area contributed by atoms with Crippen molar-refractivity contribution in [1.29, 1.82) is 0 Å². The molecular weight excluding hydrogens is 296 g/mol. The molecular formula is C16H28N4OS. The minimum absolute atomic E-state index is 0.0578. The number of aromatic nitrogens is 1. The van der Waals surface area contributed by atoms with Gasteiger partial charge in [-0.15, -0.1) is 11.3 Å². The lowest BCUT2D eigenvalue weighted by molar-refractivity contribution is -0.121. The Morgan fingerprint density at radius 1 is 1.41 bits per heavy atom. The van der Waals surface area contributed by atoms with E-state index in [9.17, 15) is 4.79 Å². The number of likely N-dealkylation sites (tertiary alicyclic amines) is 1. The predicted molar refractivity (Wildman–Crippen MR) is 92.5 cm³/mol.